The Morgan fingerprint density at radius 1 is 1.18 bits per heavy atom. The minimum absolute atomic E-state index is 0.0759. The summed E-state index contributed by atoms with van der Waals surface area (Å²) in [4.78, 5) is 25.0. The Morgan fingerprint density at radius 3 is 2.18 bits per heavy atom. The topological polar surface area (TPSA) is 43.4 Å². The van der Waals surface area contributed by atoms with Crippen molar-refractivity contribution in [3.63, 3.8) is 0 Å². The van der Waals surface area contributed by atoms with Gasteiger partial charge >= 0.3 is 5.97 Å². The molecule has 0 spiro atoms. The average molecular weight is 302 g/mol. The number of esters is 1. The summed E-state index contributed by atoms with van der Waals surface area (Å²) in [5.74, 6) is -0.219. The van der Waals surface area contributed by atoms with Crippen molar-refractivity contribution in [3.05, 3.63) is 34.4 Å². The Morgan fingerprint density at radius 2 is 1.73 bits per heavy atom. The van der Waals surface area contributed by atoms with E-state index in [0.29, 0.717) is 12.3 Å². The molecule has 1 saturated carbocycles. The molecule has 3 heteroatoms. The van der Waals surface area contributed by atoms with Gasteiger partial charge in [0, 0.05) is 5.92 Å². The molecule has 2 rings (SSSR count). The summed E-state index contributed by atoms with van der Waals surface area (Å²) >= 11 is 0. The third-order valence-electron chi connectivity index (χ3n) is 5.17. The van der Waals surface area contributed by atoms with Crippen molar-refractivity contribution < 1.29 is 14.3 Å². The van der Waals surface area contributed by atoms with Crippen LogP contribution in [-0.4, -0.2) is 18.9 Å². The van der Waals surface area contributed by atoms with Gasteiger partial charge in [-0.3, -0.25) is 9.59 Å². The molecule has 1 aliphatic carbocycles. The van der Waals surface area contributed by atoms with E-state index in [9.17, 15) is 9.59 Å². The average Bonchev–Trinajstić information content (AvgIpc) is 2.75. The zero-order valence-electron chi connectivity index (χ0n) is 14.4. The van der Waals surface area contributed by atoms with Gasteiger partial charge in [0.05, 0.1) is 7.11 Å². The molecule has 3 nitrogen and oxygen atoms in total. The Bertz CT molecular complexity index is 594. The molecule has 0 aliphatic heterocycles. The van der Waals surface area contributed by atoms with E-state index in [2.05, 4.69) is 39.8 Å². The van der Waals surface area contributed by atoms with Gasteiger partial charge < -0.3 is 4.74 Å². The molecular weight excluding hydrogens is 276 g/mol. The van der Waals surface area contributed by atoms with Gasteiger partial charge in [0.2, 0.25) is 0 Å². The minimum atomic E-state index is -1.03. The number of hydrogen-bond acceptors (Lipinski definition) is 3. The van der Waals surface area contributed by atoms with E-state index in [4.69, 9.17) is 4.74 Å². The molecule has 22 heavy (non-hydrogen) atoms. The Kier molecular flexibility index (Phi) is 4.46. The molecule has 0 radical (unpaired) electrons. The summed E-state index contributed by atoms with van der Waals surface area (Å²) in [5.41, 5.74) is 3.64. The SMILES string of the molecule is COC(=O)C1(C(C)=O)CC(C)CC1c1c(C)cc(C)cc1C. The number of aryl methyl sites for hydroxylation is 3. The maximum Gasteiger partial charge on any atom is 0.319 e. The number of Topliss-reactive ketones (excluding diaryl/α,β-unsaturated/α-hetero) is 1. The van der Waals surface area contributed by atoms with Crippen molar-refractivity contribution in [3.8, 4) is 0 Å². The van der Waals surface area contributed by atoms with Crippen LogP contribution in [0.15, 0.2) is 12.1 Å². The van der Waals surface area contributed by atoms with Gasteiger partial charge in [0.15, 0.2) is 0 Å². The molecular formula is C19H26O3. The highest BCUT2D eigenvalue weighted by molar-refractivity contribution is 6.04. The molecule has 1 aliphatic rings. The number of rotatable bonds is 3. The van der Waals surface area contributed by atoms with E-state index in [0.717, 1.165) is 23.1 Å². The Hall–Kier alpha value is -1.64. The molecule has 120 valence electrons. The van der Waals surface area contributed by atoms with Gasteiger partial charge in [0.25, 0.3) is 0 Å². The van der Waals surface area contributed by atoms with Crippen LogP contribution >= 0.6 is 0 Å². The molecule has 0 bridgehead atoms. The lowest BCUT2D eigenvalue weighted by molar-refractivity contribution is -0.158. The van der Waals surface area contributed by atoms with Crippen molar-refractivity contribution in [1.82, 2.24) is 0 Å². The smallest absolute Gasteiger partial charge is 0.319 e. The number of benzene rings is 1. The van der Waals surface area contributed by atoms with Gasteiger partial charge in [-0.15, -0.1) is 0 Å². The molecule has 3 atom stereocenters. The van der Waals surface area contributed by atoms with Crippen molar-refractivity contribution in [2.75, 3.05) is 7.11 Å². The van der Waals surface area contributed by atoms with E-state index in [1.807, 2.05) is 0 Å². The summed E-state index contributed by atoms with van der Waals surface area (Å²) in [6.07, 6.45) is 1.42. The zero-order chi connectivity index (χ0) is 16.7. The molecule has 1 aromatic carbocycles. The molecule has 0 heterocycles. The van der Waals surface area contributed by atoms with Crippen LogP contribution in [0.5, 0.6) is 0 Å². The van der Waals surface area contributed by atoms with Gasteiger partial charge in [-0.05, 0) is 63.1 Å². The second kappa shape index (κ2) is 5.86. The highest BCUT2D eigenvalue weighted by Crippen LogP contribution is 2.54. The Labute approximate surface area is 133 Å². The summed E-state index contributed by atoms with van der Waals surface area (Å²) in [6, 6.07) is 4.26. The monoisotopic (exact) mass is 302 g/mol. The molecule has 0 N–H and O–H groups in total. The van der Waals surface area contributed by atoms with Crippen LogP contribution in [0.4, 0.5) is 0 Å². The first kappa shape index (κ1) is 16.7. The van der Waals surface area contributed by atoms with Crippen LogP contribution in [0.25, 0.3) is 0 Å². The number of carbonyl (C=O) groups excluding carboxylic acids is 2. The number of carbonyl (C=O) groups is 2. The fraction of sp³-hybridized carbons (Fsp3) is 0.579. The van der Waals surface area contributed by atoms with E-state index >= 15 is 0 Å². The molecule has 3 unspecified atom stereocenters. The first-order chi connectivity index (χ1) is 10.2. The van der Waals surface area contributed by atoms with Gasteiger partial charge in [0.1, 0.15) is 11.2 Å². The van der Waals surface area contributed by atoms with E-state index in [-0.39, 0.29) is 17.7 Å². The van der Waals surface area contributed by atoms with Gasteiger partial charge in [-0.1, -0.05) is 24.6 Å². The van der Waals surface area contributed by atoms with Crippen LogP contribution in [0, 0.1) is 32.1 Å². The lowest BCUT2D eigenvalue weighted by Gasteiger charge is -2.32. The van der Waals surface area contributed by atoms with Crippen LogP contribution < -0.4 is 0 Å². The van der Waals surface area contributed by atoms with Gasteiger partial charge in [-0.2, -0.15) is 0 Å². The maximum absolute atomic E-state index is 12.6. The highest BCUT2D eigenvalue weighted by Gasteiger charge is 2.57. The maximum atomic E-state index is 12.6. The lowest BCUT2D eigenvalue weighted by Crippen LogP contribution is -2.41. The molecule has 0 saturated heterocycles. The predicted molar refractivity (Wildman–Crippen MR) is 86.9 cm³/mol. The van der Waals surface area contributed by atoms with Gasteiger partial charge in [-0.25, -0.2) is 0 Å². The van der Waals surface area contributed by atoms with Crippen LogP contribution in [0.1, 0.15) is 54.9 Å². The molecule has 0 amide bonds. The fourth-order valence-electron chi connectivity index (χ4n) is 4.42. The van der Waals surface area contributed by atoms with Crippen LogP contribution in [0.3, 0.4) is 0 Å². The quantitative estimate of drug-likeness (QED) is 0.629. The zero-order valence-corrected chi connectivity index (χ0v) is 14.4. The summed E-state index contributed by atoms with van der Waals surface area (Å²) in [6.45, 7) is 9.85. The number of methoxy groups -OCH3 is 1. The lowest BCUT2D eigenvalue weighted by atomic mass is 9.69. The summed E-state index contributed by atoms with van der Waals surface area (Å²) < 4.78 is 5.04. The van der Waals surface area contributed by atoms with Crippen LogP contribution in [-0.2, 0) is 14.3 Å². The predicted octanol–water partition coefficient (Wildman–Crippen LogP) is 3.87. The Balaban J connectivity index is 2.66. The van der Waals surface area contributed by atoms with Crippen molar-refractivity contribution in [1.29, 1.82) is 0 Å². The van der Waals surface area contributed by atoms with Crippen molar-refractivity contribution >= 4 is 11.8 Å². The second-order valence-electron chi connectivity index (χ2n) is 6.93. The number of hydrogen-bond donors (Lipinski definition) is 0. The first-order valence-electron chi connectivity index (χ1n) is 7.91. The fourth-order valence-corrected chi connectivity index (χ4v) is 4.42. The summed E-state index contributed by atoms with van der Waals surface area (Å²) in [7, 11) is 1.38. The third-order valence-corrected chi connectivity index (χ3v) is 5.17. The van der Waals surface area contributed by atoms with Crippen LogP contribution in [0.2, 0.25) is 0 Å². The van der Waals surface area contributed by atoms with E-state index in [1.165, 1.54) is 19.6 Å². The second-order valence-corrected chi connectivity index (χ2v) is 6.93. The van der Waals surface area contributed by atoms with E-state index in [1.54, 1.807) is 0 Å². The first-order valence-corrected chi connectivity index (χ1v) is 7.91. The van der Waals surface area contributed by atoms with Crippen molar-refractivity contribution in [2.24, 2.45) is 11.3 Å². The third kappa shape index (κ3) is 2.47. The highest BCUT2D eigenvalue weighted by atomic mass is 16.5. The molecule has 1 aromatic rings. The van der Waals surface area contributed by atoms with E-state index < -0.39 is 5.41 Å². The molecule has 1 fully saturated rings. The van der Waals surface area contributed by atoms with Crippen molar-refractivity contribution in [2.45, 2.75) is 53.4 Å². The standard InChI is InChI=1S/C19H26O3/c1-11-7-13(3)17(14(4)8-11)16-9-12(2)10-19(16,15(5)20)18(21)22-6/h7-8,12,16H,9-10H2,1-6H3. The summed E-state index contributed by atoms with van der Waals surface area (Å²) in [5, 5.41) is 0. The largest absolute Gasteiger partial charge is 0.468 e. The minimum Gasteiger partial charge on any atom is -0.468 e. The normalized spacial score (nSPS) is 27.7. The number of ether oxygens (including phenoxy) is 1. The molecule has 0 aromatic heterocycles. The number of ketones is 1.